The second kappa shape index (κ2) is 11.3. The molecule has 0 amide bonds. The van der Waals surface area contributed by atoms with Gasteiger partial charge in [-0.1, -0.05) is 54.5 Å². The zero-order chi connectivity index (χ0) is 20.8. The van der Waals surface area contributed by atoms with E-state index in [1.165, 1.54) is 17.5 Å². The van der Waals surface area contributed by atoms with Crippen molar-refractivity contribution in [2.24, 2.45) is 4.99 Å². The molecule has 1 unspecified atom stereocenters. The maximum absolute atomic E-state index is 5.31. The number of benzene rings is 2. The van der Waals surface area contributed by atoms with E-state index in [-0.39, 0.29) is 24.0 Å². The summed E-state index contributed by atoms with van der Waals surface area (Å²) >= 11 is 0. The summed E-state index contributed by atoms with van der Waals surface area (Å²) in [6.45, 7) is 4.92. The number of halogens is 1. The van der Waals surface area contributed by atoms with Crippen molar-refractivity contribution >= 4 is 29.9 Å². The molecular weight excluding hydrogens is 501 g/mol. The van der Waals surface area contributed by atoms with Gasteiger partial charge in [-0.2, -0.15) is 4.98 Å². The molecule has 6 nitrogen and oxygen atoms in total. The van der Waals surface area contributed by atoms with Crippen LogP contribution in [-0.4, -0.2) is 47.7 Å². The van der Waals surface area contributed by atoms with Gasteiger partial charge in [-0.05, 0) is 36.1 Å². The number of hydrogen-bond acceptors (Lipinski definition) is 4. The first-order chi connectivity index (χ1) is 14.8. The Labute approximate surface area is 201 Å². The number of aliphatic imine (C=N–C) groups is 1. The molecule has 1 aromatic heterocycles. The lowest BCUT2D eigenvalue weighted by Crippen LogP contribution is -2.40. The zero-order valence-corrected chi connectivity index (χ0v) is 20.5. The summed E-state index contributed by atoms with van der Waals surface area (Å²) in [6, 6.07) is 19.1. The van der Waals surface area contributed by atoms with Crippen LogP contribution in [0.25, 0.3) is 11.5 Å². The molecule has 0 bridgehead atoms. The fraction of sp³-hybridized carbons (Fsp3) is 0.375. The van der Waals surface area contributed by atoms with Crippen molar-refractivity contribution in [2.75, 3.05) is 26.7 Å². The van der Waals surface area contributed by atoms with Crippen molar-refractivity contribution in [3.8, 4) is 11.5 Å². The van der Waals surface area contributed by atoms with Gasteiger partial charge in [0.05, 0.1) is 0 Å². The molecule has 164 valence electrons. The van der Waals surface area contributed by atoms with E-state index in [1.54, 1.807) is 0 Å². The van der Waals surface area contributed by atoms with Crippen LogP contribution in [-0.2, 0) is 12.8 Å². The predicted molar refractivity (Wildman–Crippen MR) is 135 cm³/mol. The van der Waals surface area contributed by atoms with E-state index < -0.39 is 0 Å². The molecule has 2 heterocycles. The van der Waals surface area contributed by atoms with Crippen molar-refractivity contribution in [3.05, 3.63) is 71.5 Å². The van der Waals surface area contributed by atoms with Crippen LogP contribution in [0, 0.1) is 0 Å². The second-order valence-corrected chi connectivity index (χ2v) is 7.63. The molecule has 1 saturated heterocycles. The molecule has 2 aromatic carbocycles. The monoisotopic (exact) mass is 531 g/mol. The Morgan fingerprint density at radius 2 is 1.94 bits per heavy atom. The summed E-state index contributed by atoms with van der Waals surface area (Å²) in [5.41, 5.74) is 3.64. The van der Waals surface area contributed by atoms with Crippen molar-refractivity contribution in [2.45, 2.75) is 32.1 Å². The largest absolute Gasteiger partial charge is 0.356 e. The number of hydrogen-bond donors (Lipinski definition) is 1. The number of aryl methyl sites for hydroxylation is 1. The van der Waals surface area contributed by atoms with Crippen LogP contribution in [0.3, 0.4) is 0 Å². The lowest BCUT2D eigenvalue weighted by Gasteiger charge is -2.22. The van der Waals surface area contributed by atoms with Crippen LogP contribution >= 0.6 is 24.0 Å². The van der Waals surface area contributed by atoms with Crippen LogP contribution in [0.1, 0.15) is 36.2 Å². The number of aromatic nitrogens is 2. The Bertz CT molecular complexity index is 971. The van der Waals surface area contributed by atoms with E-state index in [2.05, 4.69) is 67.8 Å². The van der Waals surface area contributed by atoms with E-state index in [4.69, 9.17) is 4.52 Å². The molecule has 3 aromatic rings. The maximum atomic E-state index is 5.31. The zero-order valence-electron chi connectivity index (χ0n) is 18.1. The van der Waals surface area contributed by atoms with Gasteiger partial charge in [0.25, 0.3) is 5.89 Å². The Morgan fingerprint density at radius 1 is 1.16 bits per heavy atom. The molecule has 0 aliphatic carbocycles. The quantitative estimate of drug-likeness (QED) is 0.288. The molecule has 4 rings (SSSR count). The number of likely N-dealkylation sites (tertiary alicyclic amines) is 1. The van der Waals surface area contributed by atoms with Crippen LogP contribution in [0.15, 0.2) is 64.1 Å². The molecule has 1 aliphatic heterocycles. The van der Waals surface area contributed by atoms with Crippen LogP contribution < -0.4 is 5.32 Å². The van der Waals surface area contributed by atoms with Crippen LogP contribution in [0.5, 0.6) is 0 Å². The molecule has 31 heavy (non-hydrogen) atoms. The first kappa shape index (κ1) is 23.2. The maximum Gasteiger partial charge on any atom is 0.257 e. The van der Waals surface area contributed by atoms with E-state index in [9.17, 15) is 0 Å². The highest BCUT2D eigenvalue weighted by atomic mass is 127. The Balaban J connectivity index is 0.00000272. The molecule has 1 aliphatic rings. The number of guanidine groups is 1. The van der Waals surface area contributed by atoms with Crippen molar-refractivity contribution in [3.63, 3.8) is 0 Å². The van der Waals surface area contributed by atoms with Gasteiger partial charge in [0.1, 0.15) is 0 Å². The highest BCUT2D eigenvalue weighted by molar-refractivity contribution is 14.0. The minimum Gasteiger partial charge on any atom is -0.356 e. The summed E-state index contributed by atoms with van der Waals surface area (Å²) in [6.07, 6.45) is 2.87. The predicted octanol–water partition coefficient (Wildman–Crippen LogP) is 4.52. The van der Waals surface area contributed by atoms with E-state index in [0.717, 1.165) is 49.8 Å². The van der Waals surface area contributed by atoms with Crippen LogP contribution in [0.4, 0.5) is 0 Å². The molecular formula is C24H30IN5O. The Kier molecular flexibility index (Phi) is 8.45. The highest BCUT2D eigenvalue weighted by Gasteiger charge is 2.25. The molecule has 0 spiro atoms. The van der Waals surface area contributed by atoms with Gasteiger partial charge < -0.3 is 14.7 Å². The summed E-state index contributed by atoms with van der Waals surface area (Å²) in [5.74, 6) is 2.89. The third-order valence-electron chi connectivity index (χ3n) is 5.65. The lowest BCUT2D eigenvalue weighted by molar-refractivity contribution is 0.423. The second-order valence-electron chi connectivity index (χ2n) is 7.63. The minimum absolute atomic E-state index is 0. The number of nitrogens with one attached hydrogen (secondary N) is 1. The highest BCUT2D eigenvalue weighted by Crippen LogP contribution is 2.26. The van der Waals surface area contributed by atoms with Gasteiger partial charge >= 0.3 is 0 Å². The fourth-order valence-electron chi connectivity index (χ4n) is 3.93. The SMILES string of the molecule is CCc1noc(-c2ccc(CCNC(=NC)N3CCC(c4ccccc4)C3)cc2)n1.I. The average Bonchev–Trinajstić information content (AvgIpc) is 3.48. The van der Waals surface area contributed by atoms with Gasteiger partial charge in [-0.3, -0.25) is 4.99 Å². The van der Waals surface area contributed by atoms with Crippen molar-refractivity contribution in [1.29, 1.82) is 0 Å². The standard InChI is InChI=1S/C24H29N5O.HI/c1-3-22-27-23(30-28-22)20-11-9-18(10-12-20)13-15-26-24(25-2)29-16-14-21(17-29)19-7-5-4-6-8-19;/h4-12,21H,3,13-17H2,1-2H3,(H,25,26);1H. The van der Waals surface area contributed by atoms with Gasteiger partial charge in [-0.25, -0.2) is 0 Å². The summed E-state index contributed by atoms with van der Waals surface area (Å²) in [4.78, 5) is 11.2. The number of nitrogens with zero attached hydrogens (tertiary/aromatic N) is 4. The third kappa shape index (κ3) is 5.84. The minimum atomic E-state index is 0. The van der Waals surface area contributed by atoms with E-state index in [0.29, 0.717) is 11.8 Å². The first-order valence-electron chi connectivity index (χ1n) is 10.7. The molecule has 1 atom stereocenters. The Hall–Kier alpha value is -2.42. The average molecular weight is 531 g/mol. The lowest BCUT2D eigenvalue weighted by atomic mass is 9.99. The molecule has 7 heteroatoms. The molecule has 1 fully saturated rings. The van der Waals surface area contributed by atoms with Crippen molar-refractivity contribution < 1.29 is 4.52 Å². The van der Waals surface area contributed by atoms with Crippen molar-refractivity contribution in [1.82, 2.24) is 20.4 Å². The topological polar surface area (TPSA) is 66.6 Å². The van der Waals surface area contributed by atoms with Gasteiger partial charge in [0.2, 0.25) is 0 Å². The summed E-state index contributed by atoms with van der Waals surface area (Å²) < 4.78 is 5.31. The molecule has 0 saturated carbocycles. The van der Waals surface area contributed by atoms with Gasteiger partial charge in [-0.15, -0.1) is 24.0 Å². The normalized spacial score (nSPS) is 16.3. The fourth-order valence-corrected chi connectivity index (χ4v) is 3.93. The van der Waals surface area contributed by atoms with E-state index in [1.807, 2.05) is 26.1 Å². The molecule has 0 radical (unpaired) electrons. The van der Waals surface area contributed by atoms with Gasteiger partial charge in [0, 0.05) is 44.6 Å². The van der Waals surface area contributed by atoms with Gasteiger partial charge in [0.15, 0.2) is 11.8 Å². The molecule has 1 N–H and O–H groups in total. The smallest absolute Gasteiger partial charge is 0.257 e. The van der Waals surface area contributed by atoms with E-state index >= 15 is 0 Å². The first-order valence-corrected chi connectivity index (χ1v) is 10.7. The summed E-state index contributed by atoms with van der Waals surface area (Å²) in [5, 5.41) is 7.48. The summed E-state index contributed by atoms with van der Waals surface area (Å²) in [7, 11) is 1.86. The Morgan fingerprint density at radius 3 is 2.61 bits per heavy atom. The third-order valence-corrected chi connectivity index (χ3v) is 5.65. The van der Waals surface area contributed by atoms with Crippen LogP contribution in [0.2, 0.25) is 0 Å². The number of rotatable bonds is 6.